The lowest BCUT2D eigenvalue weighted by Crippen LogP contribution is -2.12. The van der Waals surface area contributed by atoms with Gasteiger partial charge in [0.25, 0.3) is 5.69 Å². The number of nitrogens with one attached hydrogen (secondary N) is 2. The molecule has 7 heteroatoms. The average molecular weight is 340 g/mol. The Balaban J connectivity index is 1.88. The number of H-pyrrole nitrogens is 1. The number of amidine groups is 1. The summed E-state index contributed by atoms with van der Waals surface area (Å²) in [6.07, 6.45) is 0. The minimum absolute atomic E-state index is 0.154. The lowest BCUT2D eigenvalue weighted by atomic mass is 10.1. The van der Waals surface area contributed by atoms with Gasteiger partial charge in [0.2, 0.25) is 5.78 Å². The molecule has 7 nitrogen and oxygen atoms in total. The van der Waals surface area contributed by atoms with Crippen molar-refractivity contribution in [2.75, 3.05) is 5.43 Å². The third-order valence-electron chi connectivity index (χ3n) is 3.53. The summed E-state index contributed by atoms with van der Waals surface area (Å²) in [5.74, 6) is -0.687. The molecule has 0 amide bonds. The van der Waals surface area contributed by atoms with Crippen LogP contribution < -0.4 is 5.43 Å². The van der Waals surface area contributed by atoms with Crippen molar-refractivity contribution in [3.05, 3.63) is 89.1 Å². The molecule has 0 spiro atoms. The van der Waals surface area contributed by atoms with Crippen LogP contribution in [0, 0.1) is 13.1 Å². The number of hydrogen-bond donors (Lipinski definition) is 2. The smallest absolute Gasteiger partial charge is 0.341 e. The van der Waals surface area contributed by atoms with Crippen LogP contribution in [0.3, 0.4) is 0 Å². The second-order valence-corrected chi connectivity index (χ2v) is 5.13. The summed E-state index contributed by atoms with van der Waals surface area (Å²) >= 11 is 0. The van der Waals surface area contributed by atoms with Crippen LogP contribution in [-0.2, 0) is 0 Å². The van der Waals surface area contributed by atoms with Crippen molar-refractivity contribution >= 4 is 23.1 Å². The molecule has 1 aromatic heterocycles. The van der Waals surface area contributed by atoms with Gasteiger partial charge in [-0.2, -0.15) is 10.5 Å². The van der Waals surface area contributed by atoms with Crippen molar-refractivity contribution in [3.63, 3.8) is 0 Å². The number of aromatic nitrogens is 2. The molecule has 0 aliphatic rings. The zero-order chi connectivity index (χ0) is 18.4. The number of carbonyl (C=O) groups is 1. The Labute approximate surface area is 149 Å². The molecule has 0 atom stereocenters. The van der Waals surface area contributed by atoms with Gasteiger partial charge in [-0.05, 0) is 10.7 Å². The van der Waals surface area contributed by atoms with Gasteiger partial charge in [0, 0.05) is 5.56 Å². The molecule has 0 aliphatic heterocycles. The van der Waals surface area contributed by atoms with E-state index in [4.69, 9.17) is 13.1 Å². The van der Waals surface area contributed by atoms with Gasteiger partial charge < -0.3 is 9.64 Å². The van der Waals surface area contributed by atoms with Gasteiger partial charge in [-0.15, -0.1) is 0 Å². The van der Waals surface area contributed by atoms with E-state index in [1.165, 1.54) is 0 Å². The lowest BCUT2D eigenvalue weighted by Gasteiger charge is -1.99. The van der Waals surface area contributed by atoms with Gasteiger partial charge in [-0.1, -0.05) is 67.2 Å². The van der Waals surface area contributed by atoms with E-state index in [0.717, 1.165) is 5.56 Å². The van der Waals surface area contributed by atoms with Crippen LogP contribution in [0.15, 0.2) is 65.8 Å². The molecule has 2 N–H and O–H groups in total. The van der Waals surface area contributed by atoms with Gasteiger partial charge in [-0.3, -0.25) is 5.10 Å². The second-order valence-electron chi connectivity index (χ2n) is 5.13. The fourth-order valence-electron chi connectivity index (χ4n) is 2.28. The van der Waals surface area contributed by atoms with Crippen molar-refractivity contribution in [2.45, 2.75) is 0 Å². The summed E-state index contributed by atoms with van der Waals surface area (Å²) in [7, 11) is 0. The Morgan fingerprint density at radius 2 is 1.69 bits per heavy atom. The first kappa shape index (κ1) is 16.6. The lowest BCUT2D eigenvalue weighted by molar-refractivity contribution is 0.106. The number of ketones is 1. The third-order valence-corrected chi connectivity index (χ3v) is 3.53. The van der Waals surface area contributed by atoms with E-state index in [9.17, 15) is 4.79 Å². The SMILES string of the molecule is [C-]#[N+]/C(=N/Nc1n[nH]c(-c2ccccc2)c1[N+]#[C-])C(=O)c1ccccc1. The summed E-state index contributed by atoms with van der Waals surface area (Å²) in [6.45, 7) is 14.6. The molecule has 124 valence electrons. The maximum atomic E-state index is 12.3. The maximum absolute atomic E-state index is 12.3. The first-order valence-electron chi connectivity index (χ1n) is 7.56. The molecular weight excluding hydrogens is 328 g/mol. The van der Waals surface area contributed by atoms with E-state index in [1.54, 1.807) is 30.3 Å². The van der Waals surface area contributed by atoms with Crippen molar-refractivity contribution in [1.82, 2.24) is 10.2 Å². The van der Waals surface area contributed by atoms with E-state index in [0.29, 0.717) is 11.3 Å². The number of hydrogen-bond acceptors (Lipinski definition) is 4. The van der Waals surface area contributed by atoms with E-state index in [-0.39, 0.29) is 17.3 Å². The van der Waals surface area contributed by atoms with E-state index in [2.05, 4.69) is 30.4 Å². The minimum atomic E-state index is -0.503. The first-order valence-corrected chi connectivity index (χ1v) is 7.56. The largest absolute Gasteiger partial charge is 0.356 e. The highest BCUT2D eigenvalue weighted by Crippen LogP contribution is 2.34. The standard InChI is InChI=1S/C19H12N6O/c1-20-16-15(13-9-5-3-6-10-13)22-23-18(16)24-25-19(21-2)17(26)14-11-7-4-8-12-14/h3-12H,(H2,22,23,24)/b25-19+. The van der Waals surface area contributed by atoms with Crippen LogP contribution in [0.25, 0.3) is 20.9 Å². The van der Waals surface area contributed by atoms with Crippen LogP contribution in [0.2, 0.25) is 0 Å². The highest BCUT2D eigenvalue weighted by atomic mass is 16.1. The van der Waals surface area contributed by atoms with E-state index < -0.39 is 5.78 Å². The maximum Gasteiger partial charge on any atom is 0.341 e. The van der Waals surface area contributed by atoms with Gasteiger partial charge in [-0.25, -0.2) is 4.85 Å². The number of aromatic amines is 1. The molecule has 0 fully saturated rings. The number of anilines is 1. The molecule has 0 aliphatic carbocycles. The number of Topliss-reactive ketones (excluding diaryl/α,β-unsaturated/α-hetero) is 1. The quantitative estimate of drug-likeness (QED) is 0.241. The molecule has 3 aromatic rings. The molecular formula is C19H12N6O. The number of carbonyl (C=O) groups excluding carboxylic acids is 1. The fourth-order valence-corrected chi connectivity index (χ4v) is 2.28. The average Bonchev–Trinajstić information content (AvgIpc) is 3.12. The predicted molar refractivity (Wildman–Crippen MR) is 98.7 cm³/mol. The second kappa shape index (κ2) is 7.56. The molecule has 0 bridgehead atoms. The molecule has 3 rings (SSSR count). The normalized spacial score (nSPS) is 10.6. The molecule has 2 aromatic carbocycles. The predicted octanol–water partition coefficient (Wildman–Crippen LogP) is 4.16. The zero-order valence-corrected chi connectivity index (χ0v) is 13.5. The molecule has 0 unspecified atom stereocenters. The molecule has 26 heavy (non-hydrogen) atoms. The van der Waals surface area contributed by atoms with Crippen LogP contribution in [-0.4, -0.2) is 21.8 Å². The Morgan fingerprint density at radius 1 is 1.04 bits per heavy atom. The highest BCUT2D eigenvalue weighted by Gasteiger charge is 2.18. The van der Waals surface area contributed by atoms with Gasteiger partial charge in [0.05, 0.1) is 12.3 Å². The van der Waals surface area contributed by atoms with Crippen LogP contribution in [0.5, 0.6) is 0 Å². The number of nitrogens with zero attached hydrogens (tertiary/aromatic N) is 4. The third kappa shape index (κ3) is 3.32. The van der Waals surface area contributed by atoms with Crippen LogP contribution >= 0.6 is 0 Å². The Hall–Kier alpha value is -4.23. The van der Waals surface area contributed by atoms with Crippen LogP contribution in [0.1, 0.15) is 10.4 Å². The topological polar surface area (TPSA) is 78.9 Å². The zero-order valence-electron chi connectivity index (χ0n) is 13.5. The summed E-state index contributed by atoms with van der Waals surface area (Å²) in [5.41, 5.74) is 4.49. The molecule has 0 saturated carbocycles. The summed E-state index contributed by atoms with van der Waals surface area (Å²) < 4.78 is 0. The van der Waals surface area contributed by atoms with Crippen molar-refractivity contribution in [2.24, 2.45) is 5.10 Å². The fraction of sp³-hybridized carbons (Fsp3) is 0. The molecule has 0 saturated heterocycles. The summed E-state index contributed by atoms with van der Waals surface area (Å²) in [4.78, 5) is 19.0. The number of hydrazone groups is 1. The summed E-state index contributed by atoms with van der Waals surface area (Å²) in [6, 6.07) is 17.7. The number of benzene rings is 2. The van der Waals surface area contributed by atoms with Gasteiger partial charge in [0.15, 0.2) is 5.82 Å². The highest BCUT2D eigenvalue weighted by molar-refractivity contribution is 6.48. The molecule has 0 radical (unpaired) electrons. The minimum Gasteiger partial charge on any atom is -0.356 e. The molecule has 1 heterocycles. The van der Waals surface area contributed by atoms with Gasteiger partial charge >= 0.3 is 5.84 Å². The van der Waals surface area contributed by atoms with Crippen LogP contribution in [0.4, 0.5) is 11.5 Å². The van der Waals surface area contributed by atoms with Gasteiger partial charge in [0.1, 0.15) is 0 Å². The van der Waals surface area contributed by atoms with Crippen molar-refractivity contribution < 1.29 is 4.79 Å². The Kier molecular flexibility index (Phi) is 4.83. The Morgan fingerprint density at radius 3 is 2.31 bits per heavy atom. The van der Waals surface area contributed by atoms with Crippen molar-refractivity contribution in [3.8, 4) is 11.3 Å². The van der Waals surface area contributed by atoms with E-state index in [1.807, 2.05) is 30.3 Å². The first-order chi connectivity index (χ1) is 12.7. The number of rotatable bonds is 5. The Bertz CT molecular complexity index is 1040. The van der Waals surface area contributed by atoms with E-state index >= 15 is 0 Å². The van der Waals surface area contributed by atoms with Crippen molar-refractivity contribution in [1.29, 1.82) is 0 Å². The summed E-state index contributed by atoms with van der Waals surface area (Å²) in [5, 5.41) is 10.7. The monoisotopic (exact) mass is 340 g/mol.